The Morgan fingerprint density at radius 3 is 2.19 bits per heavy atom. The Hall–Kier alpha value is -3.05. The molecule has 0 N–H and O–H groups in total. The van der Waals surface area contributed by atoms with Crippen LogP contribution < -0.4 is 4.90 Å². The molecular formula is C20H25N5O5S. The molecule has 166 valence electrons. The Bertz CT molecular complexity index is 1050. The van der Waals surface area contributed by atoms with Crippen molar-refractivity contribution in [3.8, 4) is 0 Å². The van der Waals surface area contributed by atoms with Crippen molar-refractivity contribution in [1.82, 2.24) is 14.2 Å². The van der Waals surface area contributed by atoms with Gasteiger partial charge in [-0.3, -0.25) is 14.9 Å². The smallest absolute Gasteiger partial charge is 0.287 e. The van der Waals surface area contributed by atoms with Crippen LogP contribution in [0.15, 0.2) is 47.5 Å². The monoisotopic (exact) mass is 447 g/mol. The first-order valence-electron chi connectivity index (χ1n) is 9.84. The van der Waals surface area contributed by atoms with E-state index in [2.05, 4.69) is 4.98 Å². The lowest BCUT2D eigenvalue weighted by molar-refractivity contribution is -0.385. The van der Waals surface area contributed by atoms with Crippen LogP contribution in [-0.2, 0) is 10.0 Å². The van der Waals surface area contributed by atoms with Crippen molar-refractivity contribution in [2.24, 2.45) is 0 Å². The van der Waals surface area contributed by atoms with Crippen molar-refractivity contribution in [2.75, 3.05) is 38.1 Å². The average Bonchev–Trinajstić information content (AvgIpc) is 2.78. The van der Waals surface area contributed by atoms with Gasteiger partial charge in [-0.2, -0.15) is 4.31 Å². The standard InChI is InChI=1S/C20H25N5O5S/c1-15(2)22(3)31(29,30)18-7-4-16(5-8-18)20(26)24-12-10-23(11-13-24)19-9-6-17(14-21-19)25(27)28/h4-9,14-15H,10-13H2,1-3H3. The van der Waals surface area contributed by atoms with Gasteiger partial charge in [0.05, 0.1) is 9.82 Å². The fourth-order valence-corrected chi connectivity index (χ4v) is 4.58. The molecule has 1 saturated heterocycles. The average molecular weight is 448 g/mol. The normalized spacial score (nSPS) is 14.9. The molecule has 0 aliphatic carbocycles. The highest BCUT2D eigenvalue weighted by Crippen LogP contribution is 2.20. The van der Waals surface area contributed by atoms with E-state index in [0.717, 1.165) is 0 Å². The second kappa shape index (κ2) is 8.98. The number of pyridine rings is 1. The third-order valence-corrected chi connectivity index (χ3v) is 7.39. The molecule has 0 spiro atoms. The van der Waals surface area contributed by atoms with Crippen molar-refractivity contribution in [1.29, 1.82) is 0 Å². The molecule has 0 unspecified atom stereocenters. The lowest BCUT2D eigenvalue weighted by atomic mass is 10.2. The highest BCUT2D eigenvalue weighted by Gasteiger charge is 2.26. The number of amides is 1. The third-order valence-electron chi connectivity index (χ3n) is 5.34. The van der Waals surface area contributed by atoms with Gasteiger partial charge in [0.25, 0.3) is 11.6 Å². The summed E-state index contributed by atoms with van der Waals surface area (Å²) in [7, 11) is -2.07. The number of carbonyl (C=O) groups excluding carboxylic acids is 1. The second-order valence-corrected chi connectivity index (χ2v) is 9.55. The zero-order valence-corrected chi connectivity index (χ0v) is 18.4. The minimum Gasteiger partial charge on any atom is -0.353 e. The van der Waals surface area contributed by atoms with Gasteiger partial charge in [0.1, 0.15) is 12.0 Å². The Labute approximate surface area is 181 Å². The fraction of sp³-hybridized carbons (Fsp3) is 0.400. The number of nitrogens with zero attached hydrogens (tertiary/aromatic N) is 5. The first kappa shape index (κ1) is 22.6. The summed E-state index contributed by atoms with van der Waals surface area (Å²) in [6.07, 6.45) is 1.22. The summed E-state index contributed by atoms with van der Waals surface area (Å²) in [6.45, 7) is 5.61. The summed E-state index contributed by atoms with van der Waals surface area (Å²) >= 11 is 0. The van der Waals surface area contributed by atoms with Gasteiger partial charge in [-0.15, -0.1) is 0 Å². The van der Waals surface area contributed by atoms with E-state index in [1.165, 1.54) is 47.9 Å². The van der Waals surface area contributed by atoms with Crippen LogP contribution >= 0.6 is 0 Å². The van der Waals surface area contributed by atoms with Crippen LogP contribution in [0, 0.1) is 10.1 Å². The molecule has 11 heteroatoms. The van der Waals surface area contributed by atoms with E-state index < -0.39 is 14.9 Å². The molecule has 2 aromatic rings. The lowest BCUT2D eigenvalue weighted by Gasteiger charge is -2.35. The molecule has 1 aromatic heterocycles. The van der Waals surface area contributed by atoms with Crippen LogP contribution in [0.1, 0.15) is 24.2 Å². The number of hydrogen-bond acceptors (Lipinski definition) is 7. The summed E-state index contributed by atoms with van der Waals surface area (Å²) in [5, 5.41) is 10.8. The molecule has 10 nitrogen and oxygen atoms in total. The number of piperazine rings is 1. The fourth-order valence-electron chi connectivity index (χ4n) is 3.21. The van der Waals surface area contributed by atoms with Crippen molar-refractivity contribution in [2.45, 2.75) is 24.8 Å². The number of anilines is 1. The maximum atomic E-state index is 12.8. The summed E-state index contributed by atoms with van der Waals surface area (Å²) in [4.78, 5) is 31.0. The van der Waals surface area contributed by atoms with Gasteiger partial charge in [0.15, 0.2) is 0 Å². The van der Waals surface area contributed by atoms with Crippen LogP contribution in [0.5, 0.6) is 0 Å². The molecular weight excluding hydrogens is 422 g/mol. The van der Waals surface area contributed by atoms with Gasteiger partial charge in [-0.05, 0) is 44.2 Å². The van der Waals surface area contributed by atoms with Gasteiger partial charge in [-0.25, -0.2) is 13.4 Å². The SMILES string of the molecule is CC(C)N(C)S(=O)(=O)c1ccc(C(=O)N2CCN(c3ccc([N+](=O)[O-])cn3)CC2)cc1. The summed E-state index contributed by atoms with van der Waals surface area (Å²) in [5.74, 6) is 0.457. The molecule has 1 aliphatic rings. The van der Waals surface area contributed by atoms with E-state index in [0.29, 0.717) is 37.6 Å². The molecule has 2 heterocycles. The van der Waals surface area contributed by atoms with E-state index in [1.807, 2.05) is 4.90 Å². The zero-order valence-electron chi connectivity index (χ0n) is 17.6. The number of nitro groups is 1. The number of hydrogen-bond donors (Lipinski definition) is 0. The third kappa shape index (κ3) is 4.83. The zero-order chi connectivity index (χ0) is 22.8. The predicted molar refractivity (Wildman–Crippen MR) is 116 cm³/mol. The van der Waals surface area contributed by atoms with Crippen molar-refractivity contribution in [3.05, 3.63) is 58.3 Å². The lowest BCUT2D eigenvalue weighted by Crippen LogP contribution is -2.49. The van der Waals surface area contributed by atoms with Crippen LogP contribution in [0.3, 0.4) is 0 Å². The number of benzene rings is 1. The quantitative estimate of drug-likeness (QED) is 0.491. The summed E-state index contributed by atoms with van der Waals surface area (Å²) < 4.78 is 26.4. The highest BCUT2D eigenvalue weighted by molar-refractivity contribution is 7.89. The molecule has 3 rings (SSSR count). The largest absolute Gasteiger partial charge is 0.353 e. The molecule has 1 amide bonds. The van der Waals surface area contributed by atoms with E-state index in [9.17, 15) is 23.3 Å². The minimum atomic E-state index is -3.60. The van der Waals surface area contributed by atoms with Crippen LogP contribution in [0.4, 0.5) is 11.5 Å². The van der Waals surface area contributed by atoms with E-state index in [4.69, 9.17) is 0 Å². The first-order valence-corrected chi connectivity index (χ1v) is 11.3. The highest BCUT2D eigenvalue weighted by atomic mass is 32.2. The molecule has 0 saturated carbocycles. The van der Waals surface area contributed by atoms with E-state index >= 15 is 0 Å². The first-order chi connectivity index (χ1) is 14.6. The molecule has 1 aromatic carbocycles. The van der Waals surface area contributed by atoms with Gasteiger partial charge in [0, 0.05) is 50.9 Å². The van der Waals surface area contributed by atoms with Crippen LogP contribution in [0.25, 0.3) is 0 Å². The van der Waals surface area contributed by atoms with Crippen molar-refractivity contribution in [3.63, 3.8) is 0 Å². The molecule has 31 heavy (non-hydrogen) atoms. The maximum Gasteiger partial charge on any atom is 0.287 e. The predicted octanol–water partition coefficient (Wildman–Crippen LogP) is 1.98. The van der Waals surface area contributed by atoms with E-state index in [-0.39, 0.29) is 22.5 Å². The Morgan fingerprint density at radius 1 is 1.10 bits per heavy atom. The number of carbonyl (C=O) groups is 1. The van der Waals surface area contributed by atoms with Crippen molar-refractivity contribution >= 4 is 27.4 Å². The number of sulfonamides is 1. The topological polar surface area (TPSA) is 117 Å². The van der Waals surface area contributed by atoms with E-state index in [1.54, 1.807) is 24.8 Å². The summed E-state index contributed by atoms with van der Waals surface area (Å²) in [5.41, 5.74) is 0.357. The number of aromatic nitrogens is 1. The Morgan fingerprint density at radius 2 is 1.71 bits per heavy atom. The van der Waals surface area contributed by atoms with Gasteiger partial charge in [-0.1, -0.05) is 0 Å². The molecule has 0 radical (unpaired) electrons. The molecule has 1 fully saturated rings. The minimum absolute atomic E-state index is 0.0670. The summed E-state index contributed by atoms with van der Waals surface area (Å²) in [6, 6.07) is 8.82. The Kier molecular flexibility index (Phi) is 6.56. The second-order valence-electron chi connectivity index (χ2n) is 7.55. The molecule has 0 bridgehead atoms. The van der Waals surface area contributed by atoms with Gasteiger partial charge < -0.3 is 9.80 Å². The Balaban J connectivity index is 1.63. The van der Waals surface area contributed by atoms with Gasteiger partial charge in [0.2, 0.25) is 10.0 Å². The van der Waals surface area contributed by atoms with Gasteiger partial charge >= 0.3 is 0 Å². The maximum absolute atomic E-state index is 12.8. The molecule has 0 atom stereocenters. The van der Waals surface area contributed by atoms with Crippen LogP contribution in [-0.4, -0.2) is 72.7 Å². The van der Waals surface area contributed by atoms with Crippen molar-refractivity contribution < 1.29 is 18.1 Å². The van der Waals surface area contributed by atoms with Crippen LogP contribution in [0.2, 0.25) is 0 Å². The molecule has 1 aliphatic heterocycles. The number of rotatable bonds is 6.